The van der Waals surface area contributed by atoms with Gasteiger partial charge in [-0.2, -0.15) is 0 Å². The molecular weight excluding hydrogens is 301 g/mol. The second kappa shape index (κ2) is 7.16. The molecule has 1 fully saturated rings. The average molecular weight is 324 g/mol. The molecule has 0 bridgehead atoms. The van der Waals surface area contributed by atoms with Gasteiger partial charge in [0.05, 0.1) is 0 Å². The van der Waals surface area contributed by atoms with Crippen LogP contribution in [0, 0.1) is 0 Å². The van der Waals surface area contributed by atoms with Crippen LogP contribution in [0.15, 0.2) is 60.7 Å². The summed E-state index contributed by atoms with van der Waals surface area (Å²) in [6.07, 6.45) is 1.44. The molecule has 4 heteroatoms. The summed E-state index contributed by atoms with van der Waals surface area (Å²) in [4.78, 5) is 15.1. The van der Waals surface area contributed by atoms with Crippen molar-refractivity contribution in [2.45, 2.75) is 24.5 Å². The summed E-state index contributed by atoms with van der Waals surface area (Å²) >= 11 is 0. The summed E-state index contributed by atoms with van der Waals surface area (Å²) in [6, 6.07) is 18.0. The van der Waals surface area contributed by atoms with E-state index in [2.05, 4.69) is 11.9 Å². The normalized spacial score (nSPS) is 16.8. The number of aliphatic hydroxyl groups is 1. The van der Waals surface area contributed by atoms with E-state index in [-0.39, 0.29) is 6.10 Å². The molecule has 2 aromatic rings. The highest BCUT2D eigenvalue weighted by Crippen LogP contribution is 2.32. The highest BCUT2D eigenvalue weighted by molar-refractivity contribution is 5.85. The molecule has 3 rings (SSSR count). The second-order valence-corrected chi connectivity index (χ2v) is 6.35. The van der Waals surface area contributed by atoms with E-state index in [4.69, 9.17) is 4.74 Å². The largest absolute Gasteiger partial charge is 0.460 e. The van der Waals surface area contributed by atoms with E-state index >= 15 is 0 Å². The van der Waals surface area contributed by atoms with Gasteiger partial charge in [-0.25, -0.2) is 4.79 Å². The molecule has 1 saturated heterocycles. The zero-order valence-corrected chi connectivity index (χ0v) is 13.9. The summed E-state index contributed by atoms with van der Waals surface area (Å²) < 4.78 is 5.70. The third kappa shape index (κ3) is 3.35. The molecule has 0 atom stereocenters. The fourth-order valence-electron chi connectivity index (χ4n) is 3.10. The first kappa shape index (κ1) is 16.7. The number of benzene rings is 2. The van der Waals surface area contributed by atoms with Crippen LogP contribution in [0.3, 0.4) is 0 Å². The Morgan fingerprint density at radius 3 is 1.92 bits per heavy atom. The number of likely N-dealkylation sites (tertiary alicyclic amines) is 1. The van der Waals surface area contributed by atoms with E-state index < -0.39 is 11.6 Å². The Bertz CT molecular complexity index is 624. The predicted molar refractivity (Wildman–Crippen MR) is 92.5 cm³/mol. The van der Waals surface area contributed by atoms with E-state index in [1.165, 1.54) is 0 Å². The van der Waals surface area contributed by atoms with E-state index in [1.54, 1.807) is 24.3 Å². The molecule has 0 saturated carbocycles. The van der Waals surface area contributed by atoms with Crippen LogP contribution in [0.4, 0.5) is 0 Å². The first-order chi connectivity index (χ1) is 11.6. The smallest absolute Gasteiger partial charge is 0.347 e. The van der Waals surface area contributed by atoms with Crippen molar-refractivity contribution in [3.63, 3.8) is 0 Å². The molecule has 0 aliphatic carbocycles. The third-order valence-electron chi connectivity index (χ3n) is 4.62. The number of carbonyl (C=O) groups excluding carboxylic acids is 1. The van der Waals surface area contributed by atoms with E-state index in [1.807, 2.05) is 36.4 Å². The minimum atomic E-state index is -1.79. The number of piperidine rings is 1. The number of ether oxygens (including phenoxy) is 1. The Balaban J connectivity index is 1.89. The monoisotopic (exact) mass is 324 g/mol. The minimum Gasteiger partial charge on any atom is -0.460 e. The Morgan fingerprint density at radius 2 is 1.46 bits per heavy atom. The van der Waals surface area contributed by atoms with Crippen LogP contribution in [0.5, 0.6) is 0 Å². The molecule has 1 N–H and O–H groups in total. The zero-order valence-electron chi connectivity index (χ0n) is 13.9. The fraction of sp³-hybridized carbons (Fsp3) is 0.350. The van der Waals surface area contributed by atoms with Crippen molar-refractivity contribution in [3.05, 3.63) is 71.8 Å². The van der Waals surface area contributed by atoms with Crippen molar-refractivity contribution in [2.24, 2.45) is 0 Å². The molecular formula is C20H23NO3. The SMILES string of the molecule is [11CH3]N1CCC(OC(=O)C(O)(c2ccccc2)c2ccccc2)CC1. The summed E-state index contributed by atoms with van der Waals surface area (Å²) in [5, 5.41) is 11.3. The van der Waals surface area contributed by atoms with Crippen molar-refractivity contribution >= 4 is 5.97 Å². The molecule has 4 nitrogen and oxygen atoms in total. The van der Waals surface area contributed by atoms with Crippen LogP contribution in [0.1, 0.15) is 24.0 Å². The minimum absolute atomic E-state index is 0.146. The van der Waals surface area contributed by atoms with Gasteiger partial charge in [0.1, 0.15) is 6.10 Å². The Labute approximate surface area is 142 Å². The van der Waals surface area contributed by atoms with Gasteiger partial charge in [-0.3, -0.25) is 0 Å². The number of nitrogens with zero attached hydrogens (tertiary/aromatic N) is 1. The van der Waals surface area contributed by atoms with E-state index in [0.717, 1.165) is 25.9 Å². The highest BCUT2D eigenvalue weighted by Gasteiger charge is 2.42. The van der Waals surface area contributed by atoms with Crippen molar-refractivity contribution in [1.82, 2.24) is 4.90 Å². The maximum absolute atomic E-state index is 12.9. The Hall–Kier alpha value is -2.17. The fourth-order valence-corrected chi connectivity index (χ4v) is 3.10. The van der Waals surface area contributed by atoms with Crippen LogP contribution in [0.2, 0.25) is 0 Å². The van der Waals surface area contributed by atoms with Gasteiger partial charge in [0.25, 0.3) is 0 Å². The van der Waals surface area contributed by atoms with Crippen LogP contribution in [-0.4, -0.2) is 42.2 Å². The van der Waals surface area contributed by atoms with E-state index in [0.29, 0.717) is 11.1 Å². The van der Waals surface area contributed by atoms with Gasteiger partial charge < -0.3 is 14.7 Å². The molecule has 1 aliphatic rings. The second-order valence-electron chi connectivity index (χ2n) is 6.35. The van der Waals surface area contributed by atoms with Crippen molar-refractivity contribution in [2.75, 3.05) is 20.1 Å². The van der Waals surface area contributed by atoms with Crippen LogP contribution in [-0.2, 0) is 15.1 Å². The topological polar surface area (TPSA) is 49.8 Å². The molecule has 1 aliphatic heterocycles. The number of hydrogen-bond donors (Lipinski definition) is 1. The molecule has 0 aromatic heterocycles. The quantitative estimate of drug-likeness (QED) is 0.878. The number of rotatable bonds is 4. The molecule has 126 valence electrons. The summed E-state index contributed by atoms with van der Waals surface area (Å²) in [5.74, 6) is -0.602. The van der Waals surface area contributed by atoms with Crippen molar-refractivity contribution < 1.29 is 14.6 Å². The van der Waals surface area contributed by atoms with Gasteiger partial charge in [0.15, 0.2) is 0 Å². The lowest BCUT2D eigenvalue weighted by atomic mass is 9.86. The van der Waals surface area contributed by atoms with Crippen LogP contribution in [0.25, 0.3) is 0 Å². The number of hydrogen-bond acceptors (Lipinski definition) is 4. The molecule has 0 radical (unpaired) electrons. The summed E-state index contributed by atoms with van der Waals surface area (Å²) in [6.45, 7) is 1.79. The predicted octanol–water partition coefficient (Wildman–Crippen LogP) is 2.56. The average Bonchev–Trinajstić information content (AvgIpc) is 2.64. The zero-order chi connectivity index (χ0) is 17.0. The van der Waals surface area contributed by atoms with Gasteiger partial charge in [0, 0.05) is 13.1 Å². The Morgan fingerprint density at radius 1 is 1.00 bits per heavy atom. The van der Waals surface area contributed by atoms with Crippen LogP contribution >= 0.6 is 0 Å². The van der Waals surface area contributed by atoms with Gasteiger partial charge in [-0.05, 0) is 31.0 Å². The lowest BCUT2D eigenvalue weighted by Gasteiger charge is -2.33. The van der Waals surface area contributed by atoms with Gasteiger partial charge in [-0.15, -0.1) is 0 Å². The highest BCUT2D eigenvalue weighted by atomic mass is 16.6. The number of carbonyl (C=O) groups is 1. The summed E-state index contributed by atoms with van der Waals surface area (Å²) in [7, 11) is 2.06. The molecule has 0 spiro atoms. The molecule has 1 heterocycles. The molecule has 24 heavy (non-hydrogen) atoms. The maximum Gasteiger partial charge on any atom is 0.347 e. The van der Waals surface area contributed by atoms with Gasteiger partial charge in [0.2, 0.25) is 5.60 Å². The van der Waals surface area contributed by atoms with Crippen molar-refractivity contribution in [1.29, 1.82) is 0 Å². The third-order valence-corrected chi connectivity index (χ3v) is 4.62. The van der Waals surface area contributed by atoms with Crippen molar-refractivity contribution in [3.8, 4) is 0 Å². The first-order valence-corrected chi connectivity index (χ1v) is 8.34. The Kier molecular flexibility index (Phi) is 4.97. The standard InChI is InChI=1S/C20H23NO3/c1-21-14-12-18(13-15-21)24-19(22)20(23,16-8-4-2-5-9-16)17-10-6-3-7-11-17/h2-11,18,23H,12-15H2,1H3/i1-1. The number of esters is 1. The van der Waals surface area contributed by atoms with Crippen LogP contribution < -0.4 is 0 Å². The molecule has 2 aromatic carbocycles. The first-order valence-electron chi connectivity index (χ1n) is 8.34. The van der Waals surface area contributed by atoms with Gasteiger partial charge in [-0.1, -0.05) is 60.7 Å². The summed E-state index contributed by atoms with van der Waals surface area (Å²) in [5.41, 5.74) is -0.741. The lowest BCUT2D eigenvalue weighted by molar-refractivity contribution is -0.169. The lowest BCUT2D eigenvalue weighted by Crippen LogP contribution is -2.43. The van der Waals surface area contributed by atoms with E-state index in [9.17, 15) is 9.90 Å². The molecule has 0 unspecified atom stereocenters. The maximum atomic E-state index is 12.9. The molecule has 0 amide bonds. The van der Waals surface area contributed by atoms with Gasteiger partial charge >= 0.3 is 5.97 Å².